The summed E-state index contributed by atoms with van der Waals surface area (Å²) in [6, 6.07) is 9.53. The van der Waals surface area contributed by atoms with E-state index >= 15 is 0 Å². The summed E-state index contributed by atoms with van der Waals surface area (Å²) in [6.45, 7) is 7.06. The number of amides is 1. The third kappa shape index (κ3) is 3.88. The highest BCUT2D eigenvalue weighted by molar-refractivity contribution is 7.14. The van der Waals surface area contributed by atoms with Crippen LogP contribution >= 0.6 is 11.3 Å². The molecule has 6 nitrogen and oxygen atoms in total. The van der Waals surface area contributed by atoms with Gasteiger partial charge in [0.15, 0.2) is 5.13 Å². The molecule has 2 heterocycles. The minimum Gasteiger partial charge on any atom is -0.494 e. The normalized spacial score (nSPS) is 10.7. The number of carbonyl (C=O) groups is 1. The standard InChI is InChI=1S/C18H20N4O2S/c1-4-22-16(10-12(3)21-22)17(23)20-18-19-15(11-25-18)13-6-8-14(9-7-13)24-5-2/h6-11H,4-5H2,1-3H3,(H,19,20,23). The predicted molar refractivity (Wildman–Crippen MR) is 99.3 cm³/mol. The van der Waals surface area contributed by atoms with E-state index in [0.29, 0.717) is 24.0 Å². The third-order valence-corrected chi connectivity index (χ3v) is 4.38. The molecule has 0 aliphatic carbocycles. The average molecular weight is 356 g/mol. The number of aromatic nitrogens is 3. The summed E-state index contributed by atoms with van der Waals surface area (Å²) in [6.07, 6.45) is 0. The number of hydrogen-bond acceptors (Lipinski definition) is 5. The molecule has 0 unspecified atom stereocenters. The van der Waals surface area contributed by atoms with Crippen LogP contribution in [0.5, 0.6) is 5.75 Å². The van der Waals surface area contributed by atoms with Crippen molar-refractivity contribution in [1.82, 2.24) is 14.8 Å². The molecule has 130 valence electrons. The van der Waals surface area contributed by atoms with Gasteiger partial charge in [-0.2, -0.15) is 5.10 Å². The minimum absolute atomic E-state index is 0.199. The van der Waals surface area contributed by atoms with E-state index in [-0.39, 0.29) is 5.91 Å². The quantitative estimate of drug-likeness (QED) is 0.725. The first-order valence-electron chi connectivity index (χ1n) is 8.15. The van der Waals surface area contributed by atoms with Gasteiger partial charge in [-0.1, -0.05) is 0 Å². The molecular weight excluding hydrogens is 336 g/mol. The number of nitrogens with zero attached hydrogens (tertiary/aromatic N) is 3. The minimum atomic E-state index is -0.199. The lowest BCUT2D eigenvalue weighted by atomic mass is 10.2. The second-order valence-electron chi connectivity index (χ2n) is 5.44. The molecule has 0 atom stereocenters. The van der Waals surface area contributed by atoms with Crippen molar-refractivity contribution >= 4 is 22.4 Å². The first-order valence-corrected chi connectivity index (χ1v) is 9.03. The summed E-state index contributed by atoms with van der Waals surface area (Å²) in [5, 5.41) is 9.64. The van der Waals surface area contributed by atoms with Gasteiger partial charge in [-0.05, 0) is 51.1 Å². The summed E-state index contributed by atoms with van der Waals surface area (Å²) in [5.41, 5.74) is 3.16. The number of thiazole rings is 1. The first kappa shape index (κ1) is 17.2. The van der Waals surface area contributed by atoms with Gasteiger partial charge < -0.3 is 4.74 Å². The summed E-state index contributed by atoms with van der Waals surface area (Å²) in [4.78, 5) is 16.9. The number of hydrogen-bond donors (Lipinski definition) is 1. The second kappa shape index (κ2) is 7.48. The van der Waals surface area contributed by atoms with Crippen molar-refractivity contribution in [2.45, 2.75) is 27.3 Å². The van der Waals surface area contributed by atoms with E-state index in [1.165, 1.54) is 11.3 Å². The molecule has 7 heteroatoms. The van der Waals surface area contributed by atoms with E-state index in [9.17, 15) is 4.79 Å². The number of carbonyl (C=O) groups excluding carboxylic acids is 1. The molecule has 0 saturated heterocycles. The maximum atomic E-state index is 12.4. The van der Waals surface area contributed by atoms with Crippen LogP contribution in [0.4, 0.5) is 5.13 Å². The van der Waals surface area contributed by atoms with Crippen LogP contribution < -0.4 is 10.1 Å². The third-order valence-electron chi connectivity index (χ3n) is 3.62. The Morgan fingerprint density at radius 2 is 2.04 bits per heavy atom. The van der Waals surface area contributed by atoms with Crippen LogP contribution in [-0.4, -0.2) is 27.3 Å². The fraction of sp³-hybridized carbons (Fsp3) is 0.278. The van der Waals surface area contributed by atoms with Crippen LogP contribution in [0, 0.1) is 6.92 Å². The lowest BCUT2D eigenvalue weighted by Gasteiger charge is -2.04. The van der Waals surface area contributed by atoms with Crippen molar-refractivity contribution in [3.63, 3.8) is 0 Å². The number of aryl methyl sites for hydroxylation is 2. The Morgan fingerprint density at radius 1 is 1.28 bits per heavy atom. The molecule has 1 amide bonds. The van der Waals surface area contributed by atoms with Crippen LogP contribution in [0.3, 0.4) is 0 Å². The molecule has 0 fully saturated rings. The highest BCUT2D eigenvalue weighted by Crippen LogP contribution is 2.26. The number of ether oxygens (including phenoxy) is 1. The van der Waals surface area contributed by atoms with Gasteiger partial charge in [-0.15, -0.1) is 11.3 Å². The van der Waals surface area contributed by atoms with Crippen molar-refractivity contribution in [3.8, 4) is 17.0 Å². The van der Waals surface area contributed by atoms with Gasteiger partial charge in [0, 0.05) is 17.5 Å². The fourth-order valence-corrected chi connectivity index (χ4v) is 3.20. The highest BCUT2D eigenvalue weighted by Gasteiger charge is 2.15. The van der Waals surface area contributed by atoms with Crippen LogP contribution in [-0.2, 0) is 6.54 Å². The van der Waals surface area contributed by atoms with E-state index in [1.54, 1.807) is 10.7 Å². The average Bonchev–Trinajstić information content (AvgIpc) is 3.22. The monoisotopic (exact) mass is 356 g/mol. The van der Waals surface area contributed by atoms with Crippen LogP contribution in [0.2, 0.25) is 0 Å². The maximum absolute atomic E-state index is 12.4. The zero-order valence-electron chi connectivity index (χ0n) is 14.4. The topological polar surface area (TPSA) is 69.0 Å². The summed E-state index contributed by atoms with van der Waals surface area (Å²) >= 11 is 1.40. The lowest BCUT2D eigenvalue weighted by molar-refractivity contribution is 0.101. The molecule has 0 aliphatic rings. The first-order chi connectivity index (χ1) is 12.1. The Hall–Kier alpha value is -2.67. The van der Waals surface area contributed by atoms with E-state index in [4.69, 9.17) is 4.74 Å². The van der Waals surface area contributed by atoms with Crippen molar-refractivity contribution in [2.24, 2.45) is 0 Å². The molecule has 3 aromatic rings. The highest BCUT2D eigenvalue weighted by atomic mass is 32.1. The lowest BCUT2D eigenvalue weighted by Crippen LogP contribution is -2.17. The molecule has 0 bridgehead atoms. The van der Waals surface area contributed by atoms with Crippen LogP contribution in [0.25, 0.3) is 11.3 Å². The number of rotatable bonds is 6. The molecular formula is C18H20N4O2S. The van der Waals surface area contributed by atoms with Gasteiger partial charge in [0.2, 0.25) is 0 Å². The van der Waals surface area contributed by atoms with Crippen molar-refractivity contribution in [2.75, 3.05) is 11.9 Å². The van der Waals surface area contributed by atoms with Gasteiger partial charge in [0.1, 0.15) is 11.4 Å². The largest absolute Gasteiger partial charge is 0.494 e. The van der Waals surface area contributed by atoms with E-state index < -0.39 is 0 Å². The van der Waals surface area contributed by atoms with E-state index in [1.807, 2.05) is 50.4 Å². The summed E-state index contributed by atoms with van der Waals surface area (Å²) in [5.74, 6) is 0.633. The number of benzene rings is 1. The van der Waals surface area contributed by atoms with Gasteiger partial charge in [0.25, 0.3) is 5.91 Å². The number of anilines is 1. The Labute approximate surface area is 150 Å². The molecule has 0 radical (unpaired) electrons. The maximum Gasteiger partial charge on any atom is 0.275 e. The fourth-order valence-electron chi connectivity index (χ4n) is 2.48. The zero-order valence-corrected chi connectivity index (χ0v) is 15.3. The van der Waals surface area contributed by atoms with Crippen molar-refractivity contribution < 1.29 is 9.53 Å². The Bertz CT molecular complexity index is 868. The molecule has 0 aliphatic heterocycles. The smallest absolute Gasteiger partial charge is 0.275 e. The summed E-state index contributed by atoms with van der Waals surface area (Å²) < 4.78 is 7.13. The molecule has 3 rings (SSSR count). The van der Waals surface area contributed by atoms with Gasteiger partial charge >= 0.3 is 0 Å². The summed E-state index contributed by atoms with van der Waals surface area (Å²) in [7, 11) is 0. The van der Waals surface area contributed by atoms with Gasteiger partial charge in [0.05, 0.1) is 18.0 Å². The van der Waals surface area contributed by atoms with Crippen LogP contribution in [0.15, 0.2) is 35.7 Å². The molecule has 1 N–H and O–H groups in total. The molecule has 0 spiro atoms. The predicted octanol–water partition coefficient (Wildman–Crippen LogP) is 3.99. The van der Waals surface area contributed by atoms with Crippen LogP contribution in [0.1, 0.15) is 30.0 Å². The number of nitrogens with one attached hydrogen (secondary N) is 1. The molecule has 2 aromatic heterocycles. The Balaban J connectivity index is 1.74. The molecule has 1 aromatic carbocycles. The second-order valence-corrected chi connectivity index (χ2v) is 6.29. The van der Waals surface area contributed by atoms with E-state index in [0.717, 1.165) is 22.7 Å². The van der Waals surface area contributed by atoms with Crippen molar-refractivity contribution in [1.29, 1.82) is 0 Å². The van der Waals surface area contributed by atoms with Gasteiger partial charge in [-0.3, -0.25) is 14.8 Å². The Morgan fingerprint density at radius 3 is 2.72 bits per heavy atom. The molecule has 25 heavy (non-hydrogen) atoms. The zero-order chi connectivity index (χ0) is 17.8. The van der Waals surface area contributed by atoms with E-state index in [2.05, 4.69) is 15.4 Å². The Kier molecular flexibility index (Phi) is 5.14. The SMILES string of the molecule is CCOc1ccc(-c2csc(NC(=O)c3cc(C)nn3CC)n2)cc1. The van der Waals surface area contributed by atoms with Crippen molar-refractivity contribution in [3.05, 3.63) is 47.1 Å². The molecule has 0 saturated carbocycles. The van der Waals surface area contributed by atoms with Gasteiger partial charge in [-0.25, -0.2) is 4.98 Å².